The maximum atomic E-state index is 6.00. The van der Waals surface area contributed by atoms with E-state index in [0.29, 0.717) is 0 Å². The van der Waals surface area contributed by atoms with Crippen LogP contribution in [-0.2, 0) is 6.42 Å². The number of benzene rings is 2. The monoisotopic (exact) mass is 225 g/mol. The smallest absolute Gasteiger partial charge is 0.0349 e. The molecular weight excluding hydrogens is 206 g/mol. The lowest BCUT2D eigenvalue weighted by atomic mass is 9.97. The third-order valence-electron chi connectivity index (χ3n) is 3.21. The summed E-state index contributed by atoms with van der Waals surface area (Å²) in [6.45, 7) is 6.30. The van der Waals surface area contributed by atoms with Crippen LogP contribution in [0.25, 0.3) is 0 Å². The van der Waals surface area contributed by atoms with Gasteiger partial charge in [0.1, 0.15) is 0 Å². The molecule has 0 amide bonds. The predicted octanol–water partition coefficient (Wildman–Crippen LogP) is 3.78. The van der Waals surface area contributed by atoms with Crippen LogP contribution in [0.1, 0.15) is 27.8 Å². The Morgan fingerprint density at radius 3 is 2.18 bits per heavy atom. The first kappa shape index (κ1) is 11.7. The molecule has 88 valence electrons. The molecule has 1 nitrogen and oxygen atoms in total. The molecule has 0 aliphatic rings. The molecule has 2 N–H and O–H groups in total. The van der Waals surface area contributed by atoms with Crippen LogP contribution in [0.15, 0.2) is 36.4 Å². The van der Waals surface area contributed by atoms with Gasteiger partial charge in [-0.25, -0.2) is 0 Å². The topological polar surface area (TPSA) is 26.0 Å². The molecule has 0 bridgehead atoms. The molecule has 0 spiro atoms. The largest absolute Gasteiger partial charge is 0.398 e. The standard InChI is InChI=1S/C16H19N/c1-11-4-6-14(7-5-11)10-15-8-12(2)9-16(17)13(15)3/h4-9H,10,17H2,1-3H3. The van der Waals surface area contributed by atoms with Crippen LogP contribution in [-0.4, -0.2) is 0 Å². The third kappa shape index (κ3) is 2.68. The Bertz CT molecular complexity index is 524. The second-order valence-electron chi connectivity index (χ2n) is 4.80. The predicted molar refractivity (Wildman–Crippen MR) is 74.3 cm³/mol. The van der Waals surface area contributed by atoms with Gasteiger partial charge in [0.2, 0.25) is 0 Å². The number of nitrogens with two attached hydrogens (primary N) is 1. The van der Waals surface area contributed by atoms with Crippen LogP contribution < -0.4 is 5.73 Å². The maximum absolute atomic E-state index is 6.00. The molecule has 0 atom stereocenters. The highest BCUT2D eigenvalue weighted by Crippen LogP contribution is 2.21. The van der Waals surface area contributed by atoms with Gasteiger partial charge in [-0.05, 0) is 55.5 Å². The highest BCUT2D eigenvalue weighted by molar-refractivity contribution is 5.53. The van der Waals surface area contributed by atoms with Crippen molar-refractivity contribution in [3.63, 3.8) is 0 Å². The van der Waals surface area contributed by atoms with E-state index in [0.717, 1.165) is 12.1 Å². The van der Waals surface area contributed by atoms with Gasteiger partial charge in [-0.3, -0.25) is 0 Å². The molecule has 2 aromatic rings. The first-order valence-corrected chi connectivity index (χ1v) is 5.97. The van der Waals surface area contributed by atoms with Gasteiger partial charge in [-0.1, -0.05) is 35.9 Å². The molecule has 0 heterocycles. The number of aryl methyl sites for hydroxylation is 2. The van der Waals surface area contributed by atoms with Crippen molar-refractivity contribution in [2.45, 2.75) is 27.2 Å². The van der Waals surface area contributed by atoms with E-state index in [4.69, 9.17) is 5.73 Å². The molecule has 0 saturated heterocycles. The highest BCUT2D eigenvalue weighted by Gasteiger charge is 2.04. The zero-order valence-corrected chi connectivity index (χ0v) is 10.7. The van der Waals surface area contributed by atoms with Crippen molar-refractivity contribution in [2.75, 3.05) is 5.73 Å². The van der Waals surface area contributed by atoms with Gasteiger partial charge >= 0.3 is 0 Å². The first-order chi connectivity index (χ1) is 8.06. The van der Waals surface area contributed by atoms with Crippen molar-refractivity contribution in [1.82, 2.24) is 0 Å². The van der Waals surface area contributed by atoms with E-state index >= 15 is 0 Å². The molecule has 2 aromatic carbocycles. The van der Waals surface area contributed by atoms with E-state index in [2.05, 4.69) is 51.1 Å². The molecule has 0 saturated carbocycles. The SMILES string of the molecule is Cc1ccc(Cc2cc(C)cc(N)c2C)cc1. The Hall–Kier alpha value is -1.76. The van der Waals surface area contributed by atoms with E-state index in [1.165, 1.54) is 27.8 Å². The minimum Gasteiger partial charge on any atom is -0.398 e. The summed E-state index contributed by atoms with van der Waals surface area (Å²) in [4.78, 5) is 0. The number of anilines is 1. The summed E-state index contributed by atoms with van der Waals surface area (Å²) in [7, 11) is 0. The minimum atomic E-state index is 0.895. The van der Waals surface area contributed by atoms with Crippen molar-refractivity contribution < 1.29 is 0 Å². The lowest BCUT2D eigenvalue weighted by Gasteiger charge is -2.10. The van der Waals surface area contributed by atoms with Crippen LogP contribution in [0.3, 0.4) is 0 Å². The summed E-state index contributed by atoms with van der Waals surface area (Å²) < 4.78 is 0. The van der Waals surface area contributed by atoms with Crippen molar-refractivity contribution in [1.29, 1.82) is 0 Å². The summed E-state index contributed by atoms with van der Waals surface area (Å²) in [5.74, 6) is 0. The lowest BCUT2D eigenvalue weighted by molar-refractivity contribution is 1.14. The highest BCUT2D eigenvalue weighted by atomic mass is 14.6. The number of rotatable bonds is 2. The third-order valence-corrected chi connectivity index (χ3v) is 3.21. The van der Waals surface area contributed by atoms with E-state index in [-0.39, 0.29) is 0 Å². The molecule has 0 aliphatic carbocycles. The van der Waals surface area contributed by atoms with Crippen molar-refractivity contribution in [2.24, 2.45) is 0 Å². The van der Waals surface area contributed by atoms with Crippen molar-refractivity contribution in [3.8, 4) is 0 Å². The Kier molecular flexibility index (Phi) is 3.19. The average Bonchev–Trinajstić information content (AvgIpc) is 2.28. The van der Waals surface area contributed by atoms with Crippen LogP contribution in [0.5, 0.6) is 0 Å². The second-order valence-corrected chi connectivity index (χ2v) is 4.80. The van der Waals surface area contributed by atoms with Gasteiger partial charge in [-0.2, -0.15) is 0 Å². The first-order valence-electron chi connectivity index (χ1n) is 5.97. The zero-order chi connectivity index (χ0) is 12.4. The van der Waals surface area contributed by atoms with Crippen LogP contribution in [0, 0.1) is 20.8 Å². The molecular formula is C16H19N. The Labute approximate surface area is 103 Å². The summed E-state index contributed by atoms with van der Waals surface area (Å²) in [5.41, 5.74) is 13.3. The van der Waals surface area contributed by atoms with E-state index < -0.39 is 0 Å². The van der Waals surface area contributed by atoms with Crippen molar-refractivity contribution >= 4 is 5.69 Å². The minimum absolute atomic E-state index is 0.895. The van der Waals surface area contributed by atoms with Gasteiger partial charge in [-0.15, -0.1) is 0 Å². The number of nitrogen functional groups attached to an aromatic ring is 1. The summed E-state index contributed by atoms with van der Waals surface area (Å²) >= 11 is 0. The van der Waals surface area contributed by atoms with E-state index in [1.807, 2.05) is 6.07 Å². The number of hydrogen-bond donors (Lipinski definition) is 1. The molecule has 17 heavy (non-hydrogen) atoms. The lowest BCUT2D eigenvalue weighted by Crippen LogP contribution is -1.98. The fourth-order valence-corrected chi connectivity index (χ4v) is 2.07. The zero-order valence-electron chi connectivity index (χ0n) is 10.7. The quantitative estimate of drug-likeness (QED) is 0.773. The molecule has 0 aliphatic heterocycles. The molecule has 0 radical (unpaired) electrons. The average molecular weight is 225 g/mol. The molecule has 0 fully saturated rings. The van der Waals surface area contributed by atoms with Gasteiger partial charge in [0.15, 0.2) is 0 Å². The van der Waals surface area contributed by atoms with Crippen molar-refractivity contribution in [3.05, 3.63) is 64.2 Å². The maximum Gasteiger partial charge on any atom is 0.0349 e. The number of hydrogen-bond acceptors (Lipinski definition) is 1. The van der Waals surface area contributed by atoms with Gasteiger partial charge < -0.3 is 5.73 Å². The Morgan fingerprint density at radius 2 is 1.53 bits per heavy atom. The molecule has 0 unspecified atom stereocenters. The van der Waals surface area contributed by atoms with Crippen LogP contribution in [0.2, 0.25) is 0 Å². The van der Waals surface area contributed by atoms with E-state index in [9.17, 15) is 0 Å². The van der Waals surface area contributed by atoms with E-state index in [1.54, 1.807) is 0 Å². The molecule has 1 heteroatoms. The normalized spacial score (nSPS) is 10.5. The Morgan fingerprint density at radius 1 is 0.882 bits per heavy atom. The fourth-order valence-electron chi connectivity index (χ4n) is 2.07. The van der Waals surface area contributed by atoms with Crippen LogP contribution in [0.4, 0.5) is 5.69 Å². The molecule has 2 rings (SSSR count). The second kappa shape index (κ2) is 4.62. The fraction of sp³-hybridized carbons (Fsp3) is 0.250. The van der Waals surface area contributed by atoms with Crippen LogP contribution >= 0.6 is 0 Å². The van der Waals surface area contributed by atoms with Gasteiger partial charge in [0, 0.05) is 5.69 Å². The van der Waals surface area contributed by atoms with Gasteiger partial charge in [0.05, 0.1) is 0 Å². The Balaban J connectivity index is 2.32. The summed E-state index contributed by atoms with van der Waals surface area (Å²) in [5, 5.41) is 0. The molecule has 0 aromatic heterocycles. The summed E-state index contributed by atoms with van der Waals surface area (Å²) in [6.07, 6.45) is 0.956. The van der Waals surface area contributed by atoms with Gasteiger partial charge in [0.25, 0.3) is 0 Å². The summed E-state index contributed by atoms with van der Waals surface area (Å²) in [6, 6.07) is 13.0.